The average molecular weight is 409 g/mol. The molecule has 2 rings (SSSR count). The Hall–Kier alpha value is -3.01. The fraction of sp³-hybridized carbons (Fsp3) is 0.368. The summed E-state index contributed by atoms with van der Waals surface area (Å²) in [7, 11) is 0. The number of alkyl halides is 3. The number of carbonyl (C=O) groups is 2. The van der Waals surface area contributed by atoms with Crippen LogP contribution in [0.5, 0.6) is 0 Å². The smallest absolute Gasteiger partial charge is 0.345 e. The van der Waals surface area contributed by atoms with E-state index in [1.54, 1.807) is 20.8 Å². The van der Waals surface area contributed by atoms with Crippen LogP contribution in [-0.2, 0) is 15.8 Å². The van der Waals surface area contributed by atoms with Crippen LogP contribution in [0.3, 0.4) is 0 Å². The van der Waals surface area contributed by atoms with Crippen molar-refractivity contribution in [1.82, 2.24) is 20.1 Å². The Kier molecular flexibility index (Phi) is 6.91. The maximum atomic E-state index is 13.0. The number of nitrogens with zero attached hydrogens (tertiary/aromatic N) is 3. The standard InChI is InChI=1S/C19H22F3N5O2/c1-11(2)17(23)15(28)9-24-16(29)4-5-27-10-25-18(26-27)13-6-12(3)7-14(8-13)19(20,21)22/h4-8,10-11,17H,9,23H2,1-3H3,(H,24,29)/b5-4-/t17-/m1/s1. The second-order valence-corrected chi connectivity index (χ2v) is 6.90. The Morgan fingerprint density at radius 1 is 1.28 bits per heavy atom. The van der Waals surface area contributed by atoms with Crippen LogP contribution >= 0.6 is 0 Å². The Balaban J connectivity index is 2.04. The molecule has 0 spiro atoms. The number of aryl methyl sites for hydroxylation is 1. The number of nitrogens with two attached hydrogens (primary N) is 1. The lowest BCUT2D eigenvalue weighted by atomic mass is 10.0. The molecule has 1 aromatic carbocycles. The first-order valence-electron chi connectivity index (χ1n) is 8.82. The zero-order chi connectivity index (χ0) is 21.8. The first-order valence-corrected chi connectivity index (χ1v) is 8.82. The lowest BCUT2D eigenvalue weighted by Gasteiger charge is -2.13. The number of nitrogens with one attached hydrogen (secondary N) is 1. The zero-order valence-electron chi connectivity index (χ0n) is 16.2. The molecule has 1 heterocycles. The van der Waals surface area contributed by atoms with E-state index in [0.29, 0.717) is 5.56 Å². The van der Waals surface area contributed by atoms with Gasteiger partial charge < -0.3 is 11.1 Å². The van der Waals surface area contributed by atoms with Gasteiger partial charge in [0.25, 0.3) is 0 Å². The molecule has 1 atom stereocenters. The molecule has 0 fully saturated rings. The molecule has 156 valence electrons. The van der Waals surface area contributed by atoms with Crippen LogP contribution in [0.4, 0.5) is 13.2 Å². The summed E-state index contributed by atoms with van der Waals surface area (Å²) in [4.78, 5) is 27.6. The van der Waals surface area contributed by atoms with Gasteiger partial charge in [0.2, 0.25) is 5.91 Å². The monoisotopic (exact) mass is 409 g/mol. The van der Waals surface area contributed by atoms with Gasteiger partial charge in [0.1, 0.15) is 6.33 Å². The van der Waals surface area contributed by atoms with Crippen molar-refractivity contribution in [2.24, 2.45) is 11.7 Å². The third-order valence-corrected chi connectivity index (χ3v) is 4.08. The summed E-state index contributed by atoms with van der Waals surface area (Å²) in [6.07, 6.45) is -0.811. The van der Waals surface area contributed by atoms with Crippen LogP contribution < -0.4 is 11.1 Å². The van der Waals surface area contributed by atoms with Gasteiger partial charge in [-0.25, -0.2) is 9.67 Å². The van der Waals surface area contributed by atoms with E-state index < -0.39 is 23.7 Å². The molecule has 0 aliphatic carbocycles. The Bertz CT molecular complexity index is 919. The van der Waals surface area contributed by atoms with Crippen molar-refractivity contribution in [2.75, 3.05) is 6.54 Å². The third-order valence-electron chi connectivity index (χ3n) is 4.08. The SMILES string of the molecule is Cc1cc(-c2ncn(/C=C\C(=O)NCC(=O)[C@H](N)C(C)C)n2)cc(C(F)(F)F)c1. The van der Waals surface area contributed by atoms with E-state index in [4.69, 9.17) is 5.73 Å². The van der Waals surface area contributed by atoms with Gasteiger partial charge in [0.05, 0.1) is 18.2 Å². The van der Waals surface area contributed by atoms with Crippen LogP contribution in [0, 0.1) is 12.8 Å². The van der Waals surface area contributed by atoms with E-state index in [1.165, 1.54) is 23.3 Å². The second kappa shape index (κ2) is 8.99. The number of rotatable bonds is 7. The highest BCUT2D eigenvalue weighted by Gasteiger charge is 2.31. The first kappa shape index (κ1) is 22.3. The van der Waals surface area contributed by atoms with Crippen molar-refractivity contribution in [2.45, 2.75) is 33.0 Å². The normalized spacial score (nSPS) is 13.1. The molecule has 7 nitrogen and oxygen atoms in total. The Morgan fingerprint density at radius 2 is 1.97 bits per heavy atom. The first-order chi connectivity index (χ1) is 13.5. The van der Waals surface area contributed by atoms with Gasteiger partial charge in [-0.05, 0) is 36.6 Å². The van der Waals surface area contributed by atoms with Crippen LogP contribution in [0.15, 0.2) is 30.6 Å². The maximum absolute atomic E-state index is 13.0. The molecule has 0 saturated carbocycles. The van der Waals surface area contributed by atoms with Crippen LogP contribution in [0.2, 0.25) is 0 Å². The highest BCUT2D eigenvalue weighted by atomic mass is 19.4. The van der Waals surface area contributed by atoms with Crippen LogP contribution in [0.25, 0.3) is 17.6 Å². The van der Waals surface area contributed by atoms with E-state index in [1.807, 2.05) is 0 Å². The minimum atomic E-state index is -4.48. The summed E-state index contributed by atoms with van der Waals surface area (Å²) < 4.78 is 40.1. The van der Waals surface area contributed by atoms with E-state index >= 15 is 0 Å². The minimum absolute atomic E-state index is 0.0389. The largest absolute Gasteiger partial charge is 0.416 e. The average Bonchev–Trinajstić information content (AvgIpc) is 3.11. The quantitative estimate of drug-likeness (QED) is 0.684. The van der Waals surface area contributed by atoms with Crippen molar-refractivity contribution in [3.05, 3.63) is 41.7 Å². The molecule has 1 amide bonds. The number of halogens is 3. The van der Waals surface area contributed by atoms with Gasteiger partial charge in [-0.15, -0.1) is 5.10 Å². The van der Waals surface area contributed by atoms with Crippen molar-refractivity contribution < 1.29 is 22.8 Å². The summed E-state index contributed by atoms with van der Waals surface area (Å²) in [5.41, 5.74) is 5.55. The van der Waals surface area contributed by atoms with Gasteiger partial charge in [-0.3, -0.25) is 9.59 Å². The lowest BCUT2D eigenvalue weighted by Crippen LogP contribution is -2.42. The highest BCUT2D eigenvalue weighted by Crippen LogP contribution is 2.32. The molecule has 0 unspecified atom stereocenters. The molecule has 0 bridgehead atoms. The van der Waals surface area contributed by atoms with Gasteiger partial charge in [-0.2, -0.15) is 13.2 Å². The molecule has 29 heavy (non-hydrogen) atoms. The molecule has 0 aliphatic heterocycles. The van der Waals surface area contributed by atoms with E-state index in [-0.39, 0.29) is 29.6 Å². The number of benzene rings is 1. The van der Waals surface area contributed by atoms with E-state index in [9.17, 15) is 22.8 Å². The van der Waals surface area contributed by atoms with Gasteiger partial charge in [0, 0.05) is 17.8 Å². The molecule has 3 N–H and O–H groups in total. The molecule has 2 aromatic rings. The van der Waals surface area contributed by atoms with Gasteiger partial charge in [-0.1, -0.05) is 13.8 Å². The minimum Gasteiger partial charge on any atom is -0.345 e. The van der Waals surface area contributed by atoms with Crippen LogP contribution in [0.1, 0.15) is 25.0 Å². The number of ketones is 1. The molecular formula is C19H22F3N5O2. The predicted molar refractivity (Wildman–Crippen MR) is 101 cm³/mol. The number of hydrogen-bond donors (Lipinski definition) is 2. The Labute approximate surface area is 165 Å². The number of amides is 1. The fourth-order valence-corrected chi connectivity index (χ4v) is 2.42. The number of carbonyl (C=O) groups excluding carboxylic acids is 2. The highest BCUT2D eigenvalue weighted by molar-refractivity contribution is 5.94. The van der Waals surface area contributed by atoms with Crippen molar-refractivity contribution >= 4 is 17.9 Å². The van der Waals surface area contributed by atoms with Crippen LogP contribution in [-0.4, -0.2) is 39.0 Å². The molecule has 10 heteroatoms. The summed E-state index contributed by atoms with van der Waals surface area (Å²) in [6.45, 7) is 4.96. The predicted octanol–water partition coefficient (Wildman–Crippen LogP) is 2.41. The summed E-state index contributed by atoms with van der Waals surface area (Å²) in [5, 5.41) is 6.46. The lowest BCUT2D eigenvalue weighted by molar-refractivity contribution is -0.137. The maximum Gasteiger partial charge on any atom is 0.416 e. The summed E-state index contributed by atoms with van der Waals surface area (Å²) in [5.74, 6) is -0.781. The molecule has 0 saturated heterocycles. The Morgan fingerprint density at radius 3 is 2.59 bits per heavy atom. The molecular weight excluding hydrogens is 387 g/mol. The number of hydrogen-bond acceptors (Lipinski definition) is 5. The number of Topliss-reactive ketones (excluding diaryl/α,β-unsaturated/α-hetero) is 1. The topological polar surface area (TPSA) is 103 Å². The van der Waals surface area contributed by atoms with Crippen molar-refractivity contribution in [3.63, 3.8) is 0 Å². The van der Waals surface area contributed by atoms with Crippen molar-refractivity contribution in [3.8, 4) is 11.4 Å². The fourth-order valence-electron chi connectivity index (χ4n) is 2.42. The summed E-state index contributed by atoms with van der Waals surface area (Å²) in [6, 6.07) is 2.88. The van der Waals surface area contributed by atoms with E-state index in [2.05, 4.69) is 15.4 Å². The second-order valence-electron chi connectivity index (χ2n) is 6.90. The molecule has 0 aliphatic rings. The van der Waals surface area contributed by atoms with Gasteiger partial charge in [0.15, 0.2) is 11.6 Å². The number of aromatic nitrogens is 3. The van der Waals surface area contributed by atoms with Gasteiger partial charge >= 0.3 is 6.18 Å². The summed E-state index contributed by atoms with van der Waals surface area (Å²) >= 11 is 0. The zero-order valence-corrected chi connectivity index (χ0v) is 16.2. The van der Waals surface area contributed by atoms with Crippen molar-refractivity contribution in [1.29, 1.82) is 0 Å². The van der Waals surface area contributed by atoms with E-state index in [0.717, 1.165) is 18.2 Å². The molecule has 0 radical (unpaired) electrons. The third kappa shape index (κ3) is 6.24. The molecule has 1 aromatic heterocycles.